The Morgan fingerprint density at radius 1 is 1.23 bits per heavy atom. The molecule has 0 amide bonds. The number of anilines is 1. The molecule has 1 aromatic carbocycles. The second kappa shape index (κ2) is 5.53. The van der Waals surface area contributed by atoms with E-state index in [2.05, 4.69) is 32.0 Å². The van der Waals surface area contributed by atoms with E-state index in [1.54, 1.807) is 0 Å². The number of aromatic nitrogens is 3. The molecule has 26 heavy (non-hydrogen) atoms. The maximum atomic E-state index is 11.0. The van der Waals surface area contributed by atoms with Gasteiger partial charge in [0.05, 0.1) is 11.6 Å². The molecule has 2 aromatic heterocycles. The number of aliphatic hydroxyl groups excluding tert-OH is 2. The van der Waals surface area contributed by atoms with Crippen molar-refractivity contribution < 1.29 is 10.2 Å². The quantitative estimate of drug-likeness (QED) is 0.671. The number of hydrogen-bond donors (Lipinski definition) is 3. The Labute approximate surface area is 151 Å². The van der Waals surface area contributed by atoms with E-state index in [-0.39, 0.29) is 23.9 Å². The summed E-state index contributed by atoms with van der Waals surface area (Å²) in [5.74, 6) is 1.81. The molecule has 1 spiro atoms. The SMILES string of the molecule is Cc1nc(N2C[C@H](O)[C@@]3(C2)[C@H](CO)[C@H]3c2ccccc2)c2[nH]ccc2n1. The summed E-state index contributed by atoms with van der Waals surface area (Å²) in [7, 11) is 0. The molecule has 1 aliphatic heterocycles. The Morgan fingerprint density at radius 2 is 2.04 bits per heavy atom. The highest BCUT2D eigenvalue weighted by Crippen LogP contribution is 2.68. The number of hydrogen-bond acceptors (Lipinski definition) is 5. The van der Waals surface area contributed by atoms with E-state index in [9.17, 15) is 10.2 Å². The van der Waals surface area contributed by atoms with E-state index in [4.69, 9.17) is 0 Å². The lowest BCUT2D eigenvalue weighted by Gasteiger charge is -2.18. The normalized spacial score (nSPS) is 30.4. The van der Waals surface area contributed by atoms with Crippen molar-refractivity contribution in [2.24, 2.45) is 11.3 Å². The molecule has 6 nitrogen and oxygen atoms in total. The maximum absolute atomic E-state index is 11.0. The molecule has 0 unspecified atom stereocenters. The Bertz CT molecular complexity index is 957. The fourth-order valence-electron chi connectivity index (χ4n) is 5.00. The van der Waals surface area contributed by atoms with E-state index in [1.165, 1.54) is 5.56 Å². The van der Waals surface area contributed by atoms with Crippen molar-refractivity contribution in [2.45, 2.75) is 18.9 Å². The van der Waals surface area contributed by atoms with Gasteiger partial charge in [0.15, 0.2) is 5.82 Å². The van der Waals surface area contributed by atoms with Crippen LogP contribution in [0.1, 0.15) is 17.3 Å². The van der Waals surface area contributed by atoms with E-state index < -0.39 is 6.10 Å². The molecule has 134 valence electrons. The summed E-state index contributed by atoms with van der Waals surface area (Å²) in [5.41, 5.74) is 2.67. The van der Waals surface area contributed by atoms with Gasteiger partial charge in [-0.15, -0.1) is 0 Å². The third-order valence-electron chi connectivity index (χ3n) is 6.19. The van der Waals surface area contributed by atoms with Crippen LogP contribution in [0.15, 0.2) is 42.6 Å². The van der Waals surface area contributed by atoms with Gasteiger partial charge >= 0.3 is 0 Å². The summed E-state index contributed by atoms with van der Waals surface area (Å²) in [6.45, 7) is 3.18. The first-order chi connectivity index (χ1) is 12.6. The number of aryl methyl sites for hydroxylation is 1. The number of rotatable bonds is 3. The Morgan fingerprint density at radius 3 is 2.81 bits per heavy atom. The molecule has 3 heterocycles. The number of fused-ring (bicyclic) bond motifs is 1. The van der Waals surface area contributed by atoms with Crippen molar-refractivity contribution >= 4 is 16.9 Å². The van der Waals surface area contributed by atoms with Gasteiger partial charge in [0.1, 0.15) is 11.3 Å². The molecule has 1 saturated carbocycles. The molecule has 0 bridgehead atoms. The van der Waals surface area contributed by atoms with Crippen LogP contribution in [0.2, 0.25) is 0 Å². The zero-order valence-corrected chi connectivity index (χ0v) is 14.6. The fourth-order valence-corrected chi connectivity index (χ4v) is 5.00. The van der Waals surface area contributed by atoms with Crippen LogP contribution < -0.4 is 4.90 Å². The van der Waals surface area contributed by atoms with Crippen LogP contribution >= 0.6 is 0 Å². The average molecular weight is 350 g/mol. The van der Waals surface area contributed by atoms with Crippen LogP contribution in [0.3, 0.4) is 0 Å². The van der Waals surface area contributed by atoms with E-state index in [1.807, 2.05) is 37.4 Å². The van der Waals surface area contributed by atoms with Crippen LogP contribution in [-0.4, -0.2) is 51.0 Å². The van der Waals surface area contributed by atoms with E-state index in [0.717, 1.165) is 22.7 Å². The Balaban J connectivity index is 1.53. The lowest BCUT2D eigenvalue weighted by Crippen LogP contribution is -2.23. The summed E-state index contributed by atoms with van der Waals surface area (Å²) in [6, 6.07) is 12.2. The minimum absolute atomic E-state index is 0.0759. The number of β-amino-alcohol motifs (C(OH)–C–C–N with tert-alkyl or cyclic N) is 1. The summed E-state index contributed by atoms with van der Waals surface area (Å²) in [6.07, 6.45) is 1.37. The van der Waals surface area contributed by atoms with Crippen LogP contribution in [0.4, 0.5) is 5.82 Å². The van der Waals surface area contributed by atoms with Gasteiger partial charge in [0, 0.05) is 31.3 Å². The summed E-state index contributed by atoms with van der Waals surface area (Å²) >= 11 is 0. The number of nitrogens with zero attached hydrogens (tertiary/aromatic N) is 3. The fraction of sp³-hybridized carbons (Fsp3) is 0.400. The number of H-pyrrole nitrogens is 1. The second-order valence-corrected chi connectivity index (χ2v) is 7.52. The van der Waals surface area contributed by atoms with Gasteiger partial charge in [-0.25, -0.2) is 9.97 Å². The zero-order valence-electron chi connectivity index (χ0n) is 14.6. The minimum Gasteiger partial charge on any atom is -0.396 e. The van der Waals surface area contributed by atoms with E-state index >= 15 is 0 Å². The van der Waals surface area contributed by atoms with Crippen molar-refractivity contribution in [3.8, 4) is 0 Å². The van der Waals surface area contributed by atoms with Crippen LogP contribution in [-0.2, 0) is 0 Å². The van der Waals surface area contributed by atoms with Gasteiger partial charge in [-0.2, -0.15) is 0 Å². The summed E-state index contributed by atoms with van der Waals surface area (Å²) in [5, 5.41) is 20.9. The van der Waals surface area contributed by atoms with Gasteiger partial charge in [-0.1, -0.05) is 30.3 Å². The molecule has 6 heteroatoms. The van der Waals surface area contributed by atoms with Crippen molar-refractivity contribution in [1.29, 1.82) is 0 Å². The molecule has 2 fully saturated rings. The van der Waals surface area contributed by atoms with Crippen LogP contribution in [0.5, 0.6) is 0 Å². The number of aliphatic hydroxyl groups is 2. The molecule has 5 rings (SSSR count). The molecule has 3 N–H and O–H groups in total. The highest BCUT2D eigenvalue weighted by Gasteiger charge is 2.71. The summed E-state index contributed by atoms with van der Waals surface area (Å²) in [4.78, 5) is 14.5. The number of benzene rings is 1. The van der Waals surface area contributed by atoms with Crippen molar-refractivity contribution in [2.75, 3.05) is 24.6 Å². The van der Waals surface area contributed by atoms with Gasteiger partial charge in [0.2, 0.25) is 0 Å². The predicted octanol–water partition coefficient (Wildman–Crippen LogP) is 1.84. The maximum Gasteiger partial charge on any atom is 0.156 e. The molecular weight excluding hydrogens is 328 g/mol. The molecule has 3 aromatic rings. The van der Waals surface area contributed by atoms with E-state index in [0.29, 0.717) is 13.1 Å². The van der Waals surface area contributed by atoms with Gasteiger partial charge in [-0.3, -0.25) is 0 Å². The van der Waals surface area contributed by atoms with Crippen LogP contribution in [0.25, 0.3) is 11.0 Å². The molecule has 0 radical (unpaired) electrons. The molecule has 1 aliphatic carbocycles. The summed E-state index contributed by atoms with van der Waals surface area (Å²) < 4.78 is 0. The molecule has 2 aliphatic rings. The number of nitrogens with one attached hydrogen (secondary N) is 1. The average Bonchev–Trinajstić information content (AvgIpc) is 2.89. The van der Waals surface area contributed by atoms with Gasteiger partial charge in [0.25, 0.3) is 0 Å². The zero-order chi connectivity index (χ0) is 17.9. The smallest absolute Gasteiger partial charge is 0.156 e. The Hall–Kier alpha value is -2.44. The first-order valence-electron chi connectivity index (χ1n) is 9.05. The second-order valence-electron chi connectivity index (χ2n) is 7.52. The minimum atomic E-state index is -0.495. The molecular formula is C20H22N4O2. The highest BCUT2D eigenvalue weighted by atomic mass is 16.3. The van der Waals surface area contributed by atoms with Gasteiger partial charge in [-0.05, 0) is 30.4 Å². The largest absolute Gasteiger partial charge is 0.396 e. The first-order valence-corrected chi connectivity index (χ1v) is 9.05. The van der Waals surface area contributed by atoms with Gasteiger partial charge < -0.3 is 20.1 Å². The molecule has 4 atom stereocenters. The topological polar surface area (TPSA) is 85.3 Å². The number of aromatic amines is 1. The first kappa shape index (κ1) is 15.8. The Kier molecular flexibility index (Phi) is 3.36. The monoisotopic (exact) mass is 350 g/mol. The van der Waals surface area contributed by atoms with Crippen molar-refractivity contribution in [3.05, 3.63) is 54.0 Å². The third-order valence-corrected chi connectivity index (χ3v) is 6.19. The van der Waals surface area contributed by atoms with Crippen molar-refractivity contribution in [3.63, 3.8) is 0 Å². The molecule has 1 saturated heterocycles. The third kappa shape index (κ3) is 2.06. The highest BCUT2D eigenvalue weighted by molar-refractivity contribution is 5.86. The predicted molar refractivity (Wildman–Crippen MR) is 99.0 cm³/mol. The van der Waals surface area contributed by atoms with Crippen LogP contribution in [0, 0.1) is 18.3 Å². The standard InChI is InChI=1S/C20H22N4O2/c1-12-22-15-7-8-21-18(15)19(23-12)24-9-16(26)20(11-24)14(10-25)17(20)13-5-3-2-4-6-13/h2-8,14,16-17,21,25-26H,9-11H2,1H3/t14-,16+,17-,20-/m1/s1. The van der Waals surface area contributed by atoms with Crippen molar-refractivity contribution in [1.82, 2.24) is 15.0 Å². The lowest BCUT2D eigenvalue weighted by atomic mass is 9.95. The lowest BCUT2D eigenvalue weighted by molar-refractivity contribution is 0.113.